The van der Waals surface area contributed by atoms with Crippen molar-refractivity contribution >= 4 is 5.91 Å². The van der Waals surface area contributed by atoms with Gasteiger partial charge in [0.1, 0.15) is 5.76 Å². The molecule has 1 aliphatic rings. The number of nitrogens with one attached hydrogen (secondary N) is 1. The van der Waals surface area contributed by atoms with Gasteiger partial charge in [-0.15, -0.1) is 0 Å². The van der Waals surface area contributed by atoms with Crippen molar-refractivity contribution in [3.63, 3.8) is 0 Å². The van der Waals surface area contributed by atoms with Gasteiger partial charge in [-0.05, 0) is 50.4 Å². The number of aromatic nitrogens is 1. The summed E-state index contributed by atoms with van der Waals surface area (Å²) in [6.45, 7) is 6.77. The summed E-state index contributed by atoms with van der Waals surface area (Å²) in [5.41, 5.74) is 0.817. The number of carbonyl (C=O) groups is 1. The van der Waals surface area contributed by atoms with Crippen LogP contribution >= 0.6 is 0 Å². The molecule has 3 rings (SSSR count). The molecule has 6 heteroatoms. The van der Waals surface area contributed by atoms with Crippen molar-refractivity contribution in [3.05, 3.63) is 41.7 Å². The van der Waals surface area contributed by atoms with Crippen molar-refractivity contribution in [3.8, 4) is 0 Å². The molecule has 1 saturated heterocycles. The van der Waals surface area contributed by atoms with E-state index in [-0.39, 0.29) is 17.7 Å². The van der Waals surface area contributed by atoms with E-state index in [1.54, 1.807) is 12.3 Å². The Morgan fingerprint density at radius 3 is 2.83 bits per heavy atom. The van der Waals surface area contributed by atoms with E-state index in [0.717, 1.165) is 31.0 Å². The van der Waals surface area contributed by atoms with Crippen LogP contribution in [0.3, 0.4) is 0 Å². The summed E-state index contributed by atoms with van der Waals surface area (Å²) in [4.78, 5) is 14.7. The summed E-state index contributed by atoms with van der Waals surface area (Å²) in [7, 11) is 0. The minimum absolute atomic E-state index is 0.0597. The van der Waals surface area contributed by atoms with Gasteiger partial charge in [0.2, 0.25) is 5.76 Å². The molecule has 2 aromatic rings. The molecule has 1 unspecified atom stereocenters. The molecule has 3 heterocycles. The molecular weight excluding hydrogens is 306 g/mol. The number of carbonyl (C=O) groups excluding carboxylic acids is 1. The highest BCUT2D eigenvalue weighted by molar-refractivity contribution is 5.91. The summed E-state index contributed by atoms with van der Waals surface area (Å²) in [6, 6.07) is 5.64. The predicted octanol–water partition coefficient (Wildman–Crippen LogP) is 3.03. The number of likely N-dealkylation sites (tertiary alicyclic amines) is 1. The molecule has 6 nitrogen and oxygen atoms in total. The molecule has 1 amide bonds. The largest absolute Gasteiger partial charge is 0.468 e. The van der Waals surface area contributed by atoms with Crippen molar-refractivity contribution in [1.82, 2.24) is 15.4 Å². The third-order valence-electron chi connectivity index (χ3n) is 4.31. The first kappa shape index (κ1) is 16.8. The number of furan rings is 1. The van der Waals surface area contributed by atoms with Gasteiger partial charge in [-0.25, -0.2) is 0 Å². The second kappa shape index (κ2) is 7.66. The van der Waals surface area contributed by atoms with Crippen LogP contribution in [0.2, 0.25) is 0 Å². The van der Waals surface area contributed by atoms with Gasteiger partial charge in [0.15, 0.2) is 0 Å². The lowest BCUT2D eigenvalue weighted by Crippen LogP contribution is -2.36. The van der Waals surface area contributed by atoms with Gasteiger partial charge in [0, 0.05) is 12.6 Å². The first-order valence-electron chi connectivity index (χ1n) is 8.64. The predicted molar refractivity (Wildman–Crippen MR) is 89.6 cm³/mol. The van der Waals surface area contributed by atoms with E-state index >= 15 is 0 Å². The van der Waals surface area contributed by atoms with E-state index < -0.39 is 0 Å². The van der Waals surface area contributed by atoms with E-state index in [0.29, 0.717) is 12.5 Å². The molecule has 0 radical (unpaired) electrons. The van der Waals surface area contributed by atoms with Crippen molar-refractivity contribution in [1.29, 1.82) is 0 Å². The van der Waals surface area contributed by atoms with Gasteiger partial charge in [-0.1, -0.05) is 19.0 Å². The van der Waals surface area contributed by atoms with Crippen LogP contribution in [0.1, 0.15) is 54.7 Å². The molecule has 24 heavy (non-hydrogen) atoms. The number of nitrogens with zero attached hydrogens (tertiary/aromatic N) is 2. The highest BCUT2D eigenvalue weighted by Gasteiger charge is 2.26. The van der Waals surface area contributed by atoms with Gasteiger partial charge in [0.25, 0.3) is 5.91 Å². The maximum absolute atomic E-state index is 12.3. The van der Waals surface area contributed by atoms with E-state index in [9.17, 15) is 4.79 Å². The minimum atomic E-state index is -0.228. The Kier molecular flexibility index (Phi) is 5.35. The fraction of sp³-hybridized carbons (Fsp3) is 0.556. The van der Waals surface area contributed by atoms with Crippen LogP contribution in [0.15, 0.2) is 33.4 Å². The zero-order chi connectivity index (χ0) is 16.9. The summed E-state index contributed by atoms with van der Waals surface area (Å²) in [5.74, 6) is 1.40. The van der Waals surface area contributed by atoms with Crippen LogP contribution in [0.5, 0.6) is 0 Å². The van der Waals surface area contributed by atoms with E-state index in [1.807, 2.05) is 12.1 Å². The van der Waals surface area contributed by atoms with Crippen LogP contribution < -0.4 is 5.32 Å². The molecule has 0 aliphatic carbocycles. The van der Waals surface area contributed by atoms with E-state index in [1.165, 1.54) is 12.8 Å². The van der Waals surface area contributed by atoms with Crippen molar-refractivity contribution < 1.29 is 13.7 Å². The maximum Gasteiger partial charge on any atom is 0.289 e. The molecule has 130 valence electrons. The zero-order valence-corrected chi connectivity index (χ0v) is 14.3. The van der Waals surface area contributed by atoms with Crippen LogP contribution in [0.25, 0.3) is 0 Å². The number of amides is 1. The lowest BCUT2D eigenvalue weighted by molar-refractivity contribution is 0.0897. The summed E-state index contributed by atoms with van der Waals surface area (Å²) >= 11 is 0. The third-order valence-corrected chi connectivity index (χ3v) is 4.31. The highest BCUT2D eigenvalue weighted by Crippen LogP contribution is 2.25. The smallest absolute Gasteiger partial charge is 0.289 e. The molecule has 0 spiro atoms. The summed E-state index contributed by atoms with van der Waals surface area (Å²) in [5, 5.41) is 6.92. The standard InChI is InChI=1S/C18H25N3O3/c1-13(2)10-14-11-17(24-20-14)18(22)19-12-15(16-6-5-9-23-16)21-7-3-4-8-21/h5-6,9,11,13,15H,3-4,7-8,10,12H2,1-2H3,(H,19,22). The topological polar surface area (TPSA) is 71.5 Å². The number of hydrogen-bond donors (Lipinski definition) is 1. The lowest BCUT2D eigenvalue weighted by atomic mass is 10.1. The Hall–Kier alpha value is -2.08. The summed E-state index contributed by atoms with van der Waals surface area (Å²) < 4.78 is 10.7. The second-order valence-electron chi connectivity index (χ2n) is 6.76. The fourth-order valence-electron chi connectivity index (χ4n) is 3.15. The van der Waals surface area contributed by atoms with Crippen molar-refractivity contribution in [2.24, 2.45) is 5.92 Å². The molecule has 0 aromatic carbocycles. The molecule has 0 saturated carbocycles. The Labute approximate surface area is 142 Å². The van der Waals surface area contributed by atoms with Crippen LogP contribution in [0, 0.1) is 5.92 Å². The molecule has 1 fully saturated rings. The normalized spacial score (nSPS) is 16.6. The maximum atomic E-state index is 12.3. The quantitative estimate of drug-likeness (QED) is 0.844. The van der Waals surface area contributed by atoms with Crippen molar-refractivity contribution in [2.75, 3.05) is 19.6 Å². The summed E-state index contributed by atoms with van der Waals surface area (Å²) in [6.07, 6.45) is 4.85. The first-order chi connectivity index (χ1) is 11.6. The molecule has 1 atom stereocenters. The number of rotatable bonds is 7. The first-order valence-corrected chi connectivity index (χ1v) is 8.64. The number of hydrogen-bond acceptors (Lipinski definition) is 5. The zero-order valence-electron chi connectivity index (χ0n) is 14.3. The van der Waals surface area contributed by atoms with E-state index in [2.05, 4.69) is 29.2 Å². The fourth-order valence-corrected chi connectivity index (χ4v) is 3.15. The monoisotopic (exact) mass is 331 g/mol. The lowest BCUT2D eigenvalue weighted by Gasteiger charge is -2.25. The molecule has 2 aromatic heterocycles. The van der Waals surface area contributed by atoms with Crippen LogP contribution in [-0.2, 0) is 6.42 Å². The highest BCUT2D eigenvalue weighted by atomic mass is 16.5. The van der Waals surface area contributed by atoms with Crippen molar-refractivity contribution in [2.45, 2.75) is 39.2 Å². The average Bonchev–Trinajstić information content (AvgIpc) is 3.29. The molecule has 1 aliphatic heterocycles. The minimum Gasteiger partial charge on any atom is -0.468 e. The Morgan fingerprint density at radius 2 is 2.17 bits per heavy atom. The molecule has 0 bridgehead atoms. The SMILES string of the molecule is CC(C)Cc1cc(C(=O)NCC(c2ccco2)N2CCCC2)on1. The average molecular weight is 331 g/mol. The Morgan fingerprint density at radius 1 is 1.38 bits per heavy atom. The third kappa shape index (κ3) is 4.06. The van der Waals surface area contributed by atoms with Crippen LogP contribution in [0.4, 0.5) is 0 Å². The Balaban J connectivity index is 1.61. The van der Waals surface area contributed by atoms with Crippen LogP contribution in [-0.4, -0.2) is 35.6 Å². The second-order valence-corrected chi connectivity index (χ2v) is 6.76. The molecule has 1 N–H and O–H groups in total. The van der Waals surface area contributed by atoms with Gasteiger partial charge < -0.3 is 14.3 Å². The van der Waals surface area contributed by atoms with Gasteiger partial charge in [0.05, 0.1) is 18.0 Å². The van der Waals surface area contributed by atoms with Gasteiger partial charge in [-0.3, -0.25) is 9.69 Å². The van der Waals surface area contributed by atoms with Gasteiger partial charge >= 0.3 is 0 Å². The van der Waals surface area contributed by atoms with Gasteiger partial charge in [-0.2, -0.15) is 0 Å². The molecular formula is C18H25N3O3. The van der Waals surface area contributed by atoms with E-state index in [4.69, 9.17) is 8.94 Å². The Bertz CT molecular complexity index is 642.